The van der Waals surface area contributed by atoms with E-state index in [4.69, 9.17) is 4.74 Å². The third-order valence-corrected chi connectivity index (χ3v) is 2.12. The molecule has 1 rings (SSSR count). The zero-order chi connectivity index (χ0) is 11.6. The van der Waals surface area contributed by atoms with E-state index in [0.29, 0.717) is 12.6 Å². The molecule has 0 radical (unpaired) electrons. The van der Waals surface area contributed by atoms with Crippen LogP contribution < -0.4 is 5.32 Å². The van der Waals surface area contributed by atoms with E-state index in [9.17, 15) is 0 Å². The fourth-order valence-corrected chi connectivity index (χ4v) is 1.25. The first-order valence-corrected chi connectivity index (χ1v) is 5.68. The topological polar surface area (TPSA) is 21.3 Å². The molecule has 0 saturated heterocycles. The van der Waals surface area contributed by atoms with Crippen LogP contribution in [0.4, 0.5) is 0 Å². The Labute approximate surface area is 98.0 Å². The molecule has 2 heteroatoms. The van der Waals surface area contributed by atoms with Gasteiger partial charge >= 0.3 is 0 Å². The van der Waals surface area contributed by atoms with Crippen molar-refractivity contribution in [3.8, 4) is 11.8 Å². The first-order valence-electron chi connectivity index (χ1n) is 5.68. The highest BCUT2D eigenvalue weighted by molar-refractivity contribution is 5.33. The van der Waals surface area contributed by atoms with E-state index in [1.807, 2.05) is 37.3 Å². The Balaban J connectivity index is 2.23. The number of hydrogen-bond donors (Lipinski definition) is 1. The molecule has 0 bridgehead atoms. The monoisotopic (exact) mass is 217 g/mol. The number of ether oxygens (including phenoxy) is 1. The van der Waals surface area contributed by atoms with Gasteiger partial charge < -0.3 is 10.1 Å². The van der Waals surface area contributed by atoms with Crippen molar-refractivity contribution in [1.29, 1.82) is 0 Å². The van der Waals surface area contributed by atoms with Crippen LogP contribution in [0.5, 0.6) is 0 Å². The average molecular weight is 217 g/mol. The molecule has 0 aliphatic carbocycles. The van der Waals surface area contributed by atoms with Crippen molar-refractivity contribution in [2.24, 2.45) is 0 Å². The average Bonchev–Trinajstić information content (AvgIpc) is 2.33. The van der Waals surface area contributed by atoms with Crippen molar-refractivity contribution in [3.05, 3.63) is 35.9 Å². The van der Waals surface area contributed by atoms with Gasteiger partial charge in [0.05, 0.1) is 13.2 Å². The molecule has 0 amide bonds. The molecule has 16 heavy (non-hydrogen) atoms. The van der Waals surface area contributed by atoms with Crippen LogP contribution in [0.3, 0.4) is 0 Å². The van der Waals surface area contributed by atoms with Crippen LogP contribution >= 0.6 is 0 Å². The van der Waals surface area contributed by atoms with E-state index in [2.05, 4.69) is 24.1 Å². The highest BCUT2D eigenvalue weighted by atomic mass is 16.5. The first-order chi connectivity index (χ1) is 7.83. The second kappa shape index (κ2) is 7.92. The Hall–Kier alpha value is -1.30. The van der Waals surface area contributed by atoms with E-state index in [1.54, 1.807) is 0 Å². The molecular weight excluding hydrogens is 198 g/mol. The van der Waals surface area contributed by atoms with Gasteiger partial charge in [0.15, 0.2) is 0 Å². The Morgan fingerprint density at radius 2 is 2.06 bits per heavy atom. The smallest absolute Gasteiger partial charge is 0.0617 e. The maximum Gasteiger partial charge on any atom is 0.0617 e. The Kier molecular flexibility index (Phi) is 6.32. The van der Waals surface area contributed by atoms with Gasteiger partial charge in [-0.1, -0.05) is 30.0 Å². The largest absolute Gasteiger partial charge is 0.380 e. The molecule has 0 heterocycles. The molecule has 1 atom stereocenters. The summed E-state index contributed by atoms with van der Waals surface area (Å²) in [5.74, 6) is 6.20. The lowest BCUT2D eigenvalue weighted by Crippen LogP contribution is -2.30. The summed E-state index contributed by atoms with van der Waals surface area (Å²) < 4.78 is 5.30. The summed E-state index contributed by atoms with van der Waals surface area (Å²) in [5.41, 5.74) is 1.06. The predicted molar refractivity (Wildman–Crippen MR) is 67.3 cm³/mol. The van der Waals surface area contributed by atoms with Crippen LogP contribution in [0, 0.1) is 11.8 Å². The fourth-order valence-electron chi connectivity index (χ4n) is 1.25. The first kappa shape index (κ1) is 12.8. The van der Waals surface area contributed by atoms with Crippen LogP contribution in [0.1, 0.15) is 19.4 Å². The standard InChI is InChI=1S/C14H19NO/c1-3-16-12-13(2)15-11-7-10-14-8-5-4-6-9-14/h4-6,8-9,13,15H,3,11-12H2,1-2H3. The van der Waals surface area contributed by atoms with Gasteiger partial charge in [0.1, 0.15) is 0 Å². The van der Waals surface area contributed by atoms with Gasteiger partial charge in [0.2, 0.25) is 0 Å². The van der Waals surface area contributed by atoms with Crippen LogP contribution in [0.25, 0.3) is 0 Å². The molecule has 0 saturated carbocycles. The van der Waals surface area contributed by atoms with E-state index < -0.39 is 0 Å². The van der Waals surface area contributed by atoms with Gasteiger partial charge in [-0.15, -0.1) is 0 Å². The molecule has 1 unspecified atom stereocenters. The Morgan fingerprint density at radius 3 is 2.75 bits per heavy atom. The summed E-state index contributed by atoms with van der Waals surface area (Å²) in [6, 6.07) is 10.4. The van der Waals surface area contributed by atoms with E-state index in [0.717, 1.165) is 18.8 Å². The van der Waals surface area contributed by atoms with Crippen LogP contribution in [-0.2, 0) is 4.74 Å². The Morgan fingerprint density at radius 1 is 1.31 bits per heavy atom. The van der Waals surface area contributed by atoms with Crippen molar-refractivity contribution in [1.82, 2.24) is 5.32 Å². The zero-order valence-corrected chi connectivity index (χ0v) is 9.99. The van der Waals surface area contributed by atoms with Crippen molar-refractivity contribution in [3.63, 3.8) is 0 Å². The number of nitrogens with one attached hydrogen (secondary N) is 1. The van der Waals surface area contributed by atoms with Crippen molar-refractivity contribution < 1.29 is 4.74 Å². The number of rotatable bonds is 5. The third kappa shape index (κ3) is 5.55. The maximum absolute atomic E-state index is 5.30. The van der Waals surface area contributed by atoms with Gasteiger partial charge in [-0.25, -0.2) is 0 Å². The third-order valence-electron chi connectivity index (χ3n) is 2.12. The molecule has 0 aliphatic rings. The molecule has 0 fully saturated rings. The van der Waals surface area contributed by atoms with Gasteiger partial charge in [-0.05, 0) is 26.0 Å². The highest BCUT2D eigenvalue weighted by Crippen LogP contribution is 1.94. The lowest BCUT2D eigenvalue weighted by atomic mass is 10.2. The predicted octanol–water partition coefficient (Wildman–Crippen LogP) is 2.05. The number of benzene rings is 1. The van der Waals surface area contributed by atoms with Crippen molar-refractivity contribution >= 4 is 0 Å². The Bertz CT molecular complexity index is 337. The summed E-state index contributed by atoms with van der Waals surface area (Å²) in [6.07, 6.45) is 0. The second-order valence-electron chi connectivity index (χ2n) is 3.61. The molecule has 86 valence electrons. The molecule has 2 nitrogen and oxygen atoms in total. The van der Waals surface area contributed by atoms with Gasteiger partial charge in [0.25, 0.3) is 0 Å². The lowest BCUT2D eigenvalue weighted by Gasteiger charge is -2.10. The summed E-state index contributed by atoms with van der Waals surface area (Å²) in [7, 11) is 0. The molecule has 0 aromatic heterocycles. The summed E-state index contributed by atoms with van der Waals surface area (Å²) >= 11 is 0. The number of hydrogen-bond acceptors (Lipinski definition) is 2. The van der Waals surface area contributed by atoms with Crippen LogP contribution in [0.2, 0.25) is 0 Å². The van der Waals surface area contributed by atoms with E-state index >= 15 is 0 Å². The summed E-state index contributed by atoms with van der Waals surface area (Å²) in [5, 5.41) is 3.29. The van der Waals surface area contributed by atoms with E-state index in [1.165, 1.54) is 0 Å². The molecule has 1 aromatic carbocycles. The molecular formula is C14H19NO. The zero-order valence-electron chi connectivity index (χ0n) is 9.99. The van der Waals surface area contributed by atoms with Crippen molar-refractivity contribution in [2.75, 3.05) is 19.8 Å². The second-order valence-corrected chi connectivity index (χ2v) is 3.61. The summed E-state index contributed by atoms with van der Waals surface area (Å²) in [6.45, 7) is 6.30. The molecule has 1 N–H and O–H groups in total. The van der Waals surface area contributed by atoms with Gasteiger partial charge in [-0.3, -0.25) is 0 Å². The summed E-state index contributed by atoms with van der Waals surface area (Å²) in [4.78, 5) is 0. The fraction of sp³-hybridized carbons (Fsp3) is 0.429. The minimum atomic E-state index is 0.352. The van der Waals surface area contributed by atoms with Gasteiger partial charge in [0, 0.05) is 18.2 Å². The minimum absolute atomic E-state index is 0.352. The lowest BCUT2D eigenvalue weighted by molar-refractivity contribution is 0.128. The normalized spacial score (nSPS) is 11.6. The molecule has 0 spiro atoms. The minimum Gasteiger partial charge on any atom is -0.380 e. The molecule has 1 aromatic rings. The molecule has 0 aliphatic heterocycles. The van der Waals surface area contributed by atoms with Gasteiger partial charge in [-0.2, -0.15) is 0 Å². The SMILES string of the molecule is CCOCC(C)NCC#Cc1ccccc1. The maximum atomic E-state index is 5.30. The van der Waals surface area contributed by atoms with Crippen molar-refractivity contribution in [2.45, 2.75) is 19.9 Å². The van der Waals surface area contributed by atoms with Crippen LogP contribution in [0.15, 0.2) is 30.3 Å². The van der Waals surface area contributed by atoms with E-state index in [-0.39, 0.29) is 0 Å². The highest BCUT2D eigenvalue weighted by Gasteiger charge is 1.97. The van der Waals surface area contributed by atoms with Crippen LogP contribution in [-0.4, -0.2) is 25.8 Å². The quantitative estimate of drug-likeness (QED) is 0.762.